The van der Waals surface area contributed by atoms with E-state index in [1.54, 1.807) is 24.8 Å². The second-order valence-electron chi connectivity index (χ2n) is 8.62. The molecule has 0 spiro atoms. The molecule has 0 aliphatic carbocycles. The Morgan fingerprint density at radius 2 is 1.73 bits per heavy atom. The van der Waals surface area contributed by atoms with Gasteiger partial charge in [0.2, 0.25) is 21.8 Å². The zero-order valence-electron chi connectivity index (χ0n) is 20.2. The SMILES string of the molecule is CCN(CC)S(=O)(=O)c1cc(C)c(C)c(NC(=O)C2CC(=O)N(c3cccc(C)c3C)C2)c1. The van der Waals surface area contributed by atoms with Gasteiger partial charge in [-0.2, -0.15) is 4.31 Å². The van der Waals surface area contributed by atoms with Crippen molar-refractivity contribution in [2.75, 3.05) is 29.9 Å². The third-order valence-corrected chi connectivity index (χ3v) is 8.63. The summed E-state index contributed by atoms with van der Waals surface area (Å²) < 4.78 is 27.4. The van der Waals surface area contributed by atoms with Gasteiger partial charge in [-0.25, -0.2) is 8.42 Å². The van der Waals surface area contributed by atoms with Crippen molar-refractivity contribution in [2.45, 2.75) is 52.9 Å². The maximum atomic E-state index is 13.1. The molecule has 3 rings (SSSR count). The molecule has 1 atom stereocenters. The highest BCUT2D eigenvalue weighted by molar-refractivity contribution is 7.89. The van der Waals surface area contributed by atoms with Gasteiger partial charge in [0.05, 0.1) is 10.8 Å². The fraction of sp³-hybridized carbons (Fsp3) is 0.440. The maximum Gasteiger partial charge on any atom is 0.243 e. The largest absolute Gasteiger partial charge is 0.325 e. The number of benzene rings is 2. The van der Waals surface area contributed by atoms with Gasteiger partial charge in [-0.1, -0.05) is 26.0 Å². The molecule has 1 N–H and O–H groups in total. The van der Waals surface area contributed by atoms with Crippen molar-refractivity contribution in [3.63, 3.8) is 0 Å². The first kappa shape index (κ1) is 24.9. The molecule has 33 heavy (non-hydrogen) atoms. The minimum atomic E-state index is -3.66. The minimum absolute atomic E-state index is 0.0883. The topological polar surface area (TPSA) is 86.8 Å². The van der Waals surface area contributed by atoms with Crippen LogP contribution in [-0.2, 0) is 19.6 Å². The predicted molar refractivity (Wildman–Crippen MR) is 131 cm³/mol. The summed E-state index contributed by atoms with van der Waals surface area (Å²) in [6, 6.07) is 8.96. The van der Waals surface area contributed by atoms with Crippen LogP contribution in [0.4, 0.5) is 11.4 Å². The number of carbonyl (C=O) groups excluding carboxylic acids is 2. The summed E-state index contributed by atoms with van der Waals surface area (Å²) in [6.45, 7) is 12.3. The average molecular weight is 472 g/mol. The molecule has 1 heterocycles. The Bertz CT molecular complexity index is 1190. The fourth-order valence-electron chi connectivity index (χ4n) is 4.20. The lowest BCUT2D eigenvalue weighted by molar-refractivity contribution is -0.122. The lowest BCUT2D eigenvalue weighted by Gasteiger charge is -2.21. The van der Waals surface area contributed by atoms with Crippen LogP contribution >= 0.6 is 0 Å². The molecule has 2 aromatic rings. The summed E-state index contributed by atoms with van der Waals surface area (Å²) in [5.41, 5.74) is 4.98. The van der Waals surface area contributed by atoms with Crippen LogP contribution in [0.1, 0.15) is 42.5 Å². The van der Waals surface area contributed by atoms with Crippen LogP contribution in [0, 0.1) is 33.6 Å². The van der Waals surface area contributed by atoms with E-state index in [0.717, 1.165) is 27.9 Å². The molecular formula is C25H33N3O4S. The minimum Gasteiger partial charge on any atom is -0.325 e. The molecule has 2 aromatic carbocycles. The molecule has 1 saturated heterocycles. The predicted octanol–water partition coefficient (Wildman–Crippen LogP) is 3.94. The van der Waals surface area contributed by atoms with Crippen molar-refractivity contribution in [3.8, 4) is 0 Å². The van der Waals surface area contributed by atoms with E-state index in [0.29, 0.717) is 25.3 Å². The molecule has 0 radical (unpaired) electrons. The van der Waals surface area contributed by atoms with E-state index in [9.17, 15) is 18.0 Å². The fourth-order valence-corrected chi connectivity index (χ4v) is 5.77. The van der Waals surface area contributed by atoms with Crippen molar-refractivity contribution < 1.29 is 18.0 Å². The van der Waals surface area contributed by atoms with Crippen LogP contribution in [0.15, 0.2) is 35.2 Å². The second-order valence-corrected chi connectivity index (χ2v) is 10.6. The van der Waals surface area contributed by atoms with E-state index >= 15 is 0 Å². The molecule has 0 aromatic heterocycles. The summed E-state index contributed by atoms with van der Waals surface area (Å²) in [6.07, 6.45) is 0.120. The molecule has 1 fully saturated rings. The third kappa shape index (κ3) is 4.82. The van der Waals surface area contributed by atoms with Crippen LogP contribution in [0.5, 0.6) is 0 Å². The average Bonchev–Trinajstić information content (AvgIpc) is 3.15. The maximum absolute atomic E-state index is 13.1. The zero-order chi connectivity index (χ0) is 24.5. The van der Waals surface area contributed by atoms with Gasteiger partial charge < -0.3 is 10.2 Å². The van der Waals surface area contributed by atoms with Crippen molar-refractivity contribution >= 4 is 33.2 Å². The Morgan fingerprint density at radius 1 is 1.06 bits per heavy atom. The number of sulfonamides is 1. The molecule has 2 amide bonds. The lowest BCUT2D eigenvalue weighted by Crippen LogP contribution is -2.31. The standard InChI is InChI=1S/C25H33N3O4S/c1-7-27(8-2)33(31,32)21-12-17(4)18(5)22(14-21)26-25(30)20-13-24(29)28(15-20)23-11-9-10-16(3)19(23)6/h9-12,14,20H,7-8,13,15H2,1-6H3,(H,26,30). The van der Waals surface area contributed by atoms with Gasteiger partial charge in [-0.05, 0) is 68.1 Å². The highest BCUT2D eigenvalue weighted by Crippen LogP contribution is 2.31. The number of hydrogen-bond donors (Lipinski definition) is 1. The van der Waals surface area contributed by atoms with Gasteiger partial charge in [-0.15, -0.1) is 0 Å². The van der Waals surface area contributed by atoms with Crippen molar-refractivity contribution in [1.82, 2.24) is 4.31 Å². The molecule has 8 heteroatoms. The summed E-state index contributed by atoms with van der Waals surface area (Å²) in [4.78, 5) is 27.7. The Balaban J connectivity index is 1.85. The lowest BCUT2D eigenvalue weighted by atomic mass is 10.1. The highest BCUT2D eigenvalue weighted by Gasteiger charge is 2.36. The third-order valence-electron chi connectivity index (χ3n) is 6.60. The Labute approximate surface area is 196 Å². The van der Waals surface area contributed by atoms with Crippen molar-refractivity contribution in [1.29, 1.82) is 0 Å². The number of rotatable bonds is 7. The van der Waals surface area contributed by atoms with Crippen LogP contribution in [-0.4, -0.2) is 44.2 Å². The number of hydrogen-bond acceptors (Lipinski definition) is 4. The van der Waals surface area contributed by atoms with E-state index in [1.807, 2.05) is 45.9 Å². The number of anilines is 2. The van der Waals surface area contributed by atoms with E-state index in [-0.39, 0.29) is 23.1 Å². The number of amides is 2. The number of nitrogens with one attached hydrogen (secondary N) is 1. The molecule has 0 bridgehead atoms. The van der Waals surface area contributed by atoms with Crippen LogP contribution in [0.2, 0.25) is 0 Å². The van der Waals surface area contributed by atoms with Crippen LogP contribution in [0.3, 0.4) is 0 Å². The summed E-state index contributed by atoms with van der Waals surface area (Å²) >= 11 is 0. The Kier molecular flexibility index (Phi) is 7.29. The van der Waals surface area contributed by atoms with Crippen molar-refractivity contribution in [3.05, 3.63) is 52.6 Å². The number of carbonyl (C=O) groups is 2. The van der Waals surface area contributed by atoms with Crippen molar-refractivity contribution in [2.24, 2.45) is 5.92 Å². The normalized spacial score (nSPS) is 16.5. The molecule has 7 nitrogen and oxygen atoms in total. The quantitative estimate of drug-likeness (QED) is 0.663. The number of nitrogens with zero attached hydrogens (tertiary/aromatic N) is 2. The van der Waals surface area contributed by atoms with E-state index in [4.69, 9.17) is 0 Å². The van der Waals surface area contributed by atoms with Gasteiger partial charge >= 0.3 is 0 Å². The van der Waals surface area contributed by atoms with Gasteiger partial charge in [-0.3, -0.25) is 9.59 Å². The molecule has 178 valence electrons. The molecule has 0 saturated carbocycles. The van der Waals surface area contributed by atoms with Crippen LogP contribution in [0.25, 0.3) is 0 Å². The first-order chi connectivity index (χ1) is 15.5. The van der Waals surface area contributed by atoms with E-state index in [1.165, 1.54) is 10.4 Å². The summed E-state index contributed by atoms with van der Waals surface area (Å²) in [5, 5.41) is 2.90. The second kappa shape index (κ2) is 9.65. The van der Waals surface area contributed by atoms with Gasteiger partial charge in [0.25, 0.3) is 0 Å². The monoisotopic (exact) mass is 471 g/mol. The first-order valence-electron chi connectivity index (χ1n) is 11.3. The van der Waals surface area contributed by atoms with Gasteiger partial charge in [0, 0.05) is 37.4 Å². The summed E-state index contributed by atoms with van der Waals surface area (Å²) in [7, 11) is -3.66. The van der Waals surface area contributed by atoms with E-state index in [2.05, 4.69) is 5.32 Å². The van der Waals surface area contributed by atoms with Gasteiger partial charge in [0.1, 0.15) is 0 Å². The summed E-state index contributed by atoms with van der Waals surface area (Å²) in [5.74, 6) is -0.883. The molecule has 1 aliphatic rings. The van der Waals surface area contributed by atoms with Crippen LogP contribution < -0.4 is 10.2 Å². The zero-order valence-corrected chi connectivity index (χ0v) is 21.0. The molecule has 1 unspecified atom stereocenters. The Hall–Kier alpha value is -2.71. The van der Waals surface area contributed by atoms with Gasteiger partial charge in [0.15, 0.2) is 0 Å². The smallest absolute Gasteiger partial charge is 0.243 e. The highest BCUT2D eigenvalue weighted by atomic mass is 32.2. The van der Waals surface area contributed by atoms with E-state index < -0.39 is 15.9 Å². The number of aryl methyl sites for hydroxylation is 2. The molecule has 1 aliphatic heterocycles. The Morgan fingerprint density at radius 3 is 2.36 bits per heavy atom. The first-order valence-corrected chi connectivity index (χ1v) is 12.7. The molecular weight excluding hydrogens is 438 g/mol.